The highest BCUT2D eigenvalue weighted by atomic mass is 14.9. The molecule has 0 fully saturated rings. The first-order valence-electron chi connectivity index (χ1n) is 5.73. The van der Waals surface area contributed by atoms with Gasteiger partial charge < -0.3 is 10.7 Å². The SMILES string of the molecule is Cc1cccc2c(C3C=NC(N)=C3C#N)c[nH]c12. The number of aromatic amines is 1. The molecule has 0 radical (unpaired) electrons. The zero-order valence-corrected chi connectivity index (χ0v) is 9.94. The van der Waals surface area contributed by atoms with E-state index in [1.54, 1.807) is 6.21 Å². The van der Waals surface area contributed by atoms with Crippen LogP contribution in [0, 0.1) is 18.3 Å². The Morgan fingerprint density at radius 1 is 1.44 bits per heavy atom. The first-order chi connectivity index (χ1) is 8.72. The first-order valence-corrected chi connectivity index (χ1v) is 5.73. The second-order valence-electron chi connectivity index (χ2n) is 4.41. The summed E-state index contributed by atoms with van der Waals surface area (Å²) in [6.07, 6.45) is 3.67. The number of H-pyrrole nitrogens is 1. The number of hydrogen-bond donors (Lipinski definition) is 2. The van der Waals surface area contributed by atoms with Gasteiger partial charge in [-0.15, -0.1) is 0 Å². The van der Waals surface area contributed by atoms with E-state index in [1.165, 1.54) is 5.56 Å². The van der Waals surface area contributed by atoms with Gasteiger partial charge in [0.15, 0.2) is 0 Å². The molecule has 0 aliphatic carbocycles. The molecule has 2 aromatic rings. The van der Waals surface area contributed by atoms with E-state index in [-0.39, 0.29) is 5.92 Å². The molecule has 4 heteroatoms. The number of aryl methyl sites for hydroxylation is 1. The monoisotopic (exact) mass is 236 g/mol. The van der Waals surface area contributed by atoms with E-state index in [1.807, 2.05) is 18.3 Å². The van der Waals surface area contributed by atoms with Crippen molar-refractivity contribution in [1.82, 2.24) is 4.98 Å². The summed E-state index contributed by atoms with van der Waals surface area (Å²) in [4.78, 5) is 7.31. The minimum atomic E-state index is -0.134. The Hall–Kier alpha value is -2.54. The van der Waals surface area contributed by atoms with Crippen molar-refractivity contribution in [1.29, 1.82) is 5.26 Å². The van der Waals surface area contributed by atoms with Crippen molar-refractivity contribution < 1.29 is 0 Å². The Morgan fingerprint density at radius 2 is 2.28 bits per heavy atom. The summed E-state index contributed by atoms with van der Waals surface area (Å²) in [5.74, 6) is 0.190. The number of fused-ring (bicyclic) bond motifs is 1. The second-order valence-corrected chi connectivity index (χ2v) is 4.41. The lowest BCUT2D eigenvalue weighted by atomic mass is 9.93. The molecule has 3 N–H and O–H groups in total. The minimum absolute atomic E-state index is 0.134. The van der Waals surface area contributed by atoms with Crippen molar-refractivity contribution in [2.75, 3.05) is 0 Å². The molecule has 0 spiro atoms. The lowest BCUT2D eigenvalue weighted by molar-refractivity contribution is 1.11. The van der Waals surface area contributed by atoms with Gasteiger partial charge in [0.2, 0.25) is 0 Å². The molecule has 1 atom stereocenters. The van der Waals surface area contributed by atoms with E-state index in [0.29, 0.717) is 11.4 Å². The molecule has 18 heavy (non-hydrogen) atoms. The van der Waals surface area contributed by atoms with Crippen molar-refractivity contribution in [3.63, 3.8) is 0 Å². The molecule has 0 saturated heterocycles. The van der Waals surface area contributed by atoms with Crippen LogP contribution in [0.5, 0.6) is 0 Å². The second kappa shape index (κ2) is 3.74. The third kappa shape index (κ3) is 1.34. The first kappa shape index (κ1) is 10.6. The van der Waals surface area contributed by atoms with Gasteiger partial charge in [0.25, 0.3) is 0 Å². The summed E-state index contributed by atoms with van der Waals surface area (Å²) in [5, 5.41) is 10.3. The predicted molar refractivity (Wildman–Crippen MR) is 71.1 cm³/mol. The fourth-order valence-corrected chi connectivity index (χ4v) is 2.41. The quantitative estimate of drug-likeness (QED) is 0.797. The van der Waals surface area contributed by atoms with Gasteiger partial charge in [-0.25, -0.2) is 4.99 Å². The van der Waals surface area contributed by atoms with Crippen LogP contribution < -0.4 is 5.73 Å². The van der Waals surface area contributed by atoms with Crippen LogP contribution >= 0.6 is 0 Å². The van der Waals surface area contributed by atoms with Crippen LogP contribution in [-0.4, -0.2) is 11.2 Å². The summed E-state index contributed by atoms with van der Waals surface area (Å²) in [5.41, 5.74) is 9.57. The largest absolute Gasteiger partial charge is 0.383 e. The van der Waals surface area contributed by atoms with E-state index in [4.69, 9.17) is 11.0 Å². The van der Waals surface area contributed by atoms with E-state index in [2.05, 4.69) is 29.0 Å². The molecule has 4 nitrogen and oxygen atoms in total. The number of allylic oxidation sites excluding steroid dienone is 1. The lowest BCUT2D eigenvalue weighted by Crippen LogP contribution is -2.01. The molecule has 1 aromatic heterocycles. The highest BCUT2D eigenvalue weighted by Crippen LogP contribution is 2.33. The van der Waals surface area contributed by atoms with Gasteiger partial charge in [-0.1, -0.05) is 18.2 Å². The molecule has 0 bridgehead atoms. The number of nitrogens with one attached hydrogen (secondary N) is 1. The summed E-state index contributed by atoms with van der Waals surface area (Å²) < 4.78 is 0. The van der Waals surface area contributed by atoms with Crippen LogP contribution in [-0.2, 0) is 0 Å². The Kier molecular flexibility index (Phi) is 2.20. The zero-order valence-electron chi connectivity index (χ0n) is 9.94. The normalized spacial score (nSPS) is 18.6. The van der Waals surface area contributed by atoms with Crippen molar-refractivity contribution in [3.8, 4) is 6.07 Å². The molecule has 1 aliphatic heterocycles. The highest BCUT2D eigenvalue weighted by Gasteiger charge is 2.25. The Morgan fingerprint density at radius 3 is 3.06 bits per heavy atom. The smallest absolute Gasteiger partial charge is 0.137 e. The average molecular weight is 236 g/mol. The van der Waals surface area contributed by atoms with Crippen LogP contribution in [0.4, 0.5) is 0 Å². The van der Waals surface area contributed by atoms with Gasteiger partial charge in [-0.05, 0) is 18.1 Å². The third-order valence-electron chi connectivity index (χ3n) is 3.36. The summed E-state index contributed by atoms with van der Waals surface area (Å²) >= 11 is 0. The standard InChI is InChI=1S/C14H12N4/c1-8-3-2-4-9-11(6-17-13(8)9)12-7-18-14(16)10(12)5-15/h2-4,6-7,12,17H,16H2,1H3. The molecule has 1 aliphatic rings. The van der Waals surface area contributed by atoms with Gasteiger partial charge >= 0.3 is 0 Å². The molecular formula is C14H12N4. The van der Waals surface area contributed by atoms with Gasteiger partial charge in [-0.3, -0.25) is 0 Å². The van der Waals surface area contributed by atoms with Crippen molar-refractivity contribution in [2.45, 2.75) is 12.8 Å². The number of rotatable bonds is 1. The maximum atomic E-state index is 9.15. The molecule has 0 amide bonds. The minimum Gasteiger partial charge on any atom is -0.383 e. The lowest BCUT2D eigenvalue weighted by Gasteiger charge is -2.06. The number of hydrogen-bond acceptors (Lipinski definition) is 3. The molecule has 2 heterocycles. The molecule has 3 rings (SSSR count). The van der Waals surface area contributed by atoms with Crippen molar-refractivity contribution in [2.24, 2.45) is 10.7 Å². The van der Waals surface area contributed by atoms with Crippen molar-refractivity contribution in [3.05, 3.63) is 46.9 Å². The molecule has 1 unspecified atom stereocenters. The van der Waals surface area contributed by atoms with Gasteiger partial charge in [-0.2, -0.15) is 5.26 Å². The van der Waals surface area contributed by atoms with E-state index < -0.39 is 0 Å². The number of nitrogens with two attached hydrogens (primary N) is 1. The number of aliphatic imine (C=N–C) groups is 1. The Bertz CT molecular complexity index is 728. The Labute approximate surface area is 104 Å². The van der Waals surface area contributed by atoms with Gasteiger partial charge in [0.1, 0.15) is 5.82 Å². The zero-order chi connectivity index (χ0) is 12.7. The maximum Gasteiger partial charge on any atom is 0.137 e. The number of nitriles is 1. The average Bonchev–Trinajstić information content (AvgIpc) is 2.93. The number of aromatic nitrogens is 1. The fourth-order valence-electron chi connectivity index (χ4n) is 2.41. The highest BCUT2D eigenvalue weighted by molar-refractivity contribution is 5.92. The van der Waals surface area contributed by atoms with Crippen LogP contribution in [0.2, 0.25) is 0 Å². The Balaban J connectivity index is 2.21. The summed E-state index contributed by atoms with van der Waals surface area (Å²) in [6.45, 7) is 2.06. The maximum absolute atomic E-state index is 9.15. The van der Waals surface area contributed by atoms with Gasteiger partial charge in [0.05, 0.1) is 17.6 Å². The molecule has 1 aromatic carbocycles. The third-order valence-corrected chi connectivity index (χ3v) is 3.36. The van der Waals surface area contributed by atoms with Crippen LogP contribution in [0.25, 0.3) is 10.9 Å². The fraction of sp³-hybridized carbons (Fsp3) is 0.143. The number of benzene rings is 1. The van der Waals surface area contributed by atoms with E-state index in [0.717, 1.165) is 16.5 Å². The van der Waals surface area contributed by atoms with Crippen molar-refractivity contribution >= 4 is 17.1 Å². The van der Waals surface area contributed by atoms with Crippen LogP contribution in [0.1, 0.15) is 17.0 Å². The van der Waals surface area contributed by atoms with Gasteiger partial charge in [0, 0.05) is 23.3 Å². The molecule has 88 valence electrons. The van der Waals surface area contributed by atoms with Crippen LogP contribution in [0.15, 0.2) is 40.8 Å². The molecular weight excluding hydrogens is 224 g/mol. The van der Waals surface area contributed by atoms with E-state index >= 15 is 0 Å². The van der Waals surface area contributed by atoms with Crippen LogP contribution in [0.3, 0.4) is 0 Å². The molecule has 0 saturated carbocycles. The summed E-state index contributed by atoms with van der Waals surface area (Å²) in [7, 11) is 0. The number of para-hydroxylation sites is 1. The van der Waals surface area contributed by atoms with E-state index in [9.17, 15) is 0 Å². The number of nitrogens with zero attached hydrogens (tertiary/aromatic N) is 2. The topological polar surface area (TPSA) is 78.0 Å². The predicted octanol–water partition coefficient (Wildman–Crippen LogP) is 2.34. The summed E-state index contributed by atoms with van der Waals surface area (Å²) in [6, 6.07) is 8.26.